The lowest BCUT2D eigenvalue weighted by Crippen LogP contribution is -2.23. The van der Waals surface area contributed by atoms with E-state index in [0.717, 1.165) is 16.7 Å². The van der Waals surface area contributed by atoms with E-state index < -0.39 is 6.10 Å². The summed E-state index contributed by atoms with van der Waals surface area (Å²) in [6.45, 7) is 1.93. The highest BCUT2D eigenvalue weighted by Crippen LogP contribution is 2.40. The van der Waals surface area contributed by atoms with Crippen molar-refractivity contribution in [2.45, 2.75) is 13.0 Å². The lowest BCUT2D eigenvalue weighted by Gasteiger charge is -2.28. The minimum atomic E-state index is -0.581. The molecule has 0 radical (unpaired) electrons. The fraction of sp³-hybridized carbons (Fsp3) is 0.0870. The van der Waals surface area contributed by atoms with Gasteiger partial charge in [-0.3, -0.25) is 4.79 Å². The van der Waals surface area contributed by atoms with Gasteiger partial charge >= 0.3 is 0 Å². The van der Waals surface area contributed by atoms with Crippen molar-refractivity contribution in [2.75, 3.05) is 0 Å². The van der Waals surface area contributed by atoms with E-state index in [9.17, 15) is 15.0 Å². The predicted octanol–water partition coefficient (Wildman–Crippen LogP) is 4.81. The summed E-state index contributed by atoms with van der Waals surface area (Å²) in [6.07, 6.45) is 1.20. The number of aryl methyl sites for hydroxylation is 1. The zero-order chi connectivity index (χ0) is 19.0. The third-order valence-electron chi connectivity index (χ3n) is 4.58. The van der Waals surface area contributed by atoms with Crippen LogP contribution in [-0.4, -0.2) is 16.0 Å². The van der Waals surface area contributed by atoms with Gasteiger partial charge in [0.2, 0.25) is 0 Å². The Bertz CT molecular complexity index is 1030. The zero-order valence-electron chi connectivity index (χ0n) is 14.7. The van der Waals surface area contributed by atoms with Gasteiger partial charge < -0.3 is 14.9 Å². The van der Waals surface area contributed by atoms with Crippen molar-refractivity contribution >= 4 is 11.9 Å². The van der Waals surface area contributed by atoms with Crippen LogP contribution in [0.3, 0.4) is 0 Å². The third kappa shape index (κ3) is 3.29. The lowest BCUT2D eigenvalue weighted by atomic mass is 9.89. The molecule has 0 aromatic heterocycles. The van der Waals surface area contributed by atoms with Crippen LogP contribution in [0.2, 0.25) is 0 Å². The van der Waals surface area contributed by atoms with Crippen LogP contribution in [0.15, 0.2) is 72.3 Å². The maximum atomic E-state index is 13.2. The van der Waals surface area contributed by atoms with Crippen LogP contribution in [0, 0.1) is 6.92 Å². The summed E-state index contributed by atoms with van der Waals surface area (Å²) in [5.74, 6) is 0.776. The standard InChI is InChI=1S/C23H18O4/c1-14-2-11-21-19(12-14)22(26)20(13-15-3-7-17(24)8-4-15)23(27-21)16-5-9-18(25)10-6-16/h2-13,23-25H,1H3/b20-13-. The Morgan fingerprint density at radius 2 is 1.52 bits per heavy atom. The van der Waals surface area contributed by atoms with E-state index in [1.807, 2.05) is 25.1 Å². The van der Waals surface area contributed by atoms with Gasteiger partial charge in [0.25, 0.3) is 0 Å². The van der Waals surface area contributed by atoms with E-state index in [1.165, 1.54) is 0 Å². The fourth-order valence-electron chi connectivity index (χ4n) is 3.18. The van der Waals surface area contributed by atoms with Crippen molar-refractivity contribution in [1.29, 1.82) is 0 Å². The number of hydrogen-bond donors (Lipinski definition) is 2. The van der Waals surface area contributed by atoms with Crippen molar-refractivity contribution < 1.29 is 19.7 Å². The predicted molar refractivity (Wildman–Crippen MR) is 103 cm³/mol. The summed E-state index contributed by atoms with van der Waals surface area (Å²) in [6, 6.07) is 18.8. The highest BCUT2D eigenvalue weighted by Gasteiger charge is 2.33. The average molecular weight is 358 g/mol. The molecule has 0 aliphatic carbocycles. The van der Waals surface area contributed by atoms with Crippen LogP contribution in [-0.2, 0) is 0 Å². The average Bonchev–Trinajstić information content (AvgIpc) is 2.67. The monoisotopic (exact) mass is 358 g/mol. The largest absolute Gasteiger partial charge is 0.508 e. The van der Waals surface area contributed by atoms with Gasteiger partial charge in [-0.2, -0.15) is 0 Å². The van der Waals surface area contributed by atoms with Gasteiger partial charge in [0, 0.05) is 5.57 Å². The van der Waals surface area contributed by atoms with Crippen molar-refractivity contribution in [3.8, 4) is 17.2 Å². The number of ether oxygens (including phenoxy) is 1. The summed E-state index contributed by atoms with van der Waals surface area (Å²) < 4.78 is 6.17. The van der Waals surface area contributed by atoms with E-state index in [0.29, 0.717) is 16.9 Å². The first-order valence-corrected chi connectivity index (χ1v) is 8.63. The highest BCUT2D eigenvalue weighted by atomic mass is 16.5. The third-order valence-corrected chi connectivity index (χ3v) is 4.58. The number of hydrogen-bond acceptors (Lipinski definition) is 4. The molecule has 0 fully saturated rings. The first-order valence-electron chi connectivity index (χ1n) is 8.63. The maximum Gasteiger partial charge on any atom is 0.196 e. The fourth-order valence-corrected chi connectivity index (χ4v) is 3.18. The molecule has 27 heavy (non-hydrogen) atoms. The molecule has 0 bridgehead atoms. The Balaban J connectivity index is 1.85. The summed E-state index contributed by atoms with van der Waals surface area (Å²) in [5.41, 5.74) is 3.59. The zero-order valence-corrected chi connectivity index (χ0v) is 14.7. The smallest absolute Gasteiger partial charge is 0.196 e. The molecule has 4 nitrogen and oxygen atoms in total. The van der Waals surface area contributed by atoms with Crippen molar-refractivity contribution in [3.63, 3.8) is 0 Å². The number of phenols is 2. The second kappa shape index (κ2) is 6.65. The molecule has 2 N–H and O–H groups in total. The quantitative estimate of drug-likeness (QED) is 0.646. The van der Waals surface area contributed by atoms with Crippen molar-refractivity contribution in [3.05, 3.63) is 94.6 Å². The number of fused-ring (bicyclic) bond motifs is 1. The van der Waals surface area contributed by atoms with Gasteiger partial charge in [0.15, 0.2) is 11.9 Å². The van der Waals surface area contributed by atoms with E-state index in [2.05, 4.69) is 0 Å². The van der Waals surface area contributed by atoms with Crippen LogP contribution in [0.5, 0.6) is 17.2 Å². The van der Waals surface area contributed by atoms with Crippen LogP contribution in [0.25, 0.3) is 6.08 Å². The molecule has 1 heterocycles. The summed E-state index contributed by atoms with van der Waals surface area (Å²) in [7, 11) is 0. The number of carbonyl (C=O) groups is 1. The van der Waals surface area contributed by atoms with Crippen molar-refractivity contribution in [2.24, 2.45) is 0 Å². The molecule has 1 aliphatic heterocycles. The van der Waals surface area contributed by atoms with Gasteiger partial charge in [-0.15, -0.1) is 0 Å². The summed E-state index contributed by atoms with van der Waals surface area (Å²) in [5, 5.41) is 19.1. The Morgan fingerprint density at radius 1 is 0.889 bits per heavy atom. The van der Waals surface area contributed by atoms with Crippen LogP contribution in [0.1, 0.15) is 33.2 Å². The second-order valence-electron chi connectivity index (χ2n) is 6.61. The Kier molecular flexibility index (Phi) is 4.16. The van der Waals surface area contributed by atoms with E-state index in [-0.39, 0.29) is 17.3 Å². The Morgan fingerprint density at radius 3 is 2.19 bits per heavy atom. The molecule has 0 spiro atoms. The molecule has 0 saturated heterocycles. The molecule has 0 saturated carbocycles. The minimum Gasteiger partial charge on any atom is -0.508 e. The minimum absolute atomic E-state index is 0.0916. The van der Waals surface area contributed by atoms with Crippen LogP contribution >= 0.6 is 0 Å². The first-order chi connectivity index (χ1) is 13.0. The SMILES string of the molecule is Cc1ccc2c(c1)C(=O)/C(=C/c1ccc(O)cc1)C(c1ccc(O)cc1)O2. The molecule has 4 heteroatoms. The van der Waals surface area contributed by atoms with Gasteiger partial charge in [0.1, 0.15) is 17.2 Å². The molecular weight excluding hydrogens is 340 g/mol. The number of ketones is 1. The van der Waals surface area contributed by atoms with Gasteiger partial charge in [0.05, 0.1) is 5.56 Å². The Labute approximate surface area is 157 Å². The van der Waals surface area contributed by atoms with Crippen LogP contribution in [0.4, 0.5) is 0 Å². The van der Waals surface area contributed by atoms with E-state index in [1.54, 1.807) is 54.6 Å². The summed E-state index contributed by atoms with van der Waals surface area (Å²) in [4.78, 5) is 13.2. The lowest BCUT2D eigenvalue weighted by molar-refractivity contribution is 0.0963. The van der Waals surface area contributed by atoms with Crippen molar-refractivity contribution in [1.82, 2.24) is 0 Å². The number of aromatic hydroxyl groups is 2. The molecule has 1 aliphatic rings. The number of carbonyl (C=O) groups excluding carboxylic acids is 1. The van der Waals surface area contributed by atoms with E-state index >= 15 is 0 Å². The molecule has 134 valence electrons. The van der Waals surface area contributed by atoms with Gasteiger partial charge in [-0.25, -0.2) is 0 Å². The Hall–Kier alpha value is -3.53. The highest BCUT2D eigenvalue weighted by molar-refractivity contribution is 6.14. The number of Topliss-reactive ketones (excluding diaryl/α,β-unsaturated/α-hetero) is 1. The van der Waals surface area contributed by atoms with Gasteiger partial charge in [-0.05, 0) is 60.5 Å². The van der Waals surface area contributed by atoms with Gasteiger partial charge in [-0.1, -0.05) is 35.9 Å². The summed E-state index contributed by atoms with van der Waals surface area (Å²) >= 11 is 0. The molecular formula is C23H18O4. The molecule has 1 atom stereocenters. The molecule has 3 aromatic carbocycles. The topological polar surface area (TPSA) is 66.8 Å². The van der Waals surface area contributed by atoms with E-state index in [4.69, 9.17) is 4.74 Å². The maximum absolute atomic E-state index is 13.2. The molecule has 1 unspecified atom stereocenters. The molecule has 0 amide bonds. The second-order valence-corrected chi connectivity index (χ2v) is 6.61. The normalized spacial score (nSPS) is 17.4. The number of phenolic OH excluding ortho intramolecular Hbond substituents is 2. The molecule has 3 aromatic rings. The molecule has 4 rings (SSSR count). The van der Waals surface area contributed by atoms with Crippen LogP contribution < -0.4 is 4.74 Å². The first kappa shape index (κ1) is 16.9. The number of rotatable bonds is 2. The number of benzene rings is 3.